The van der Waals surface area contributed by atoms with Crippen molar-refractivity contribution in [3.8, 4) is 0 Å². The van der Waals surface area contributed by atoms with Gasteiger partial charge in [-0.1, -0.05) is 33.6 Å². The lowest BCUT2D eigenvalue weighted by Gasteiger charge is -2.41. The zero-order valence-corrected chi connectivity index (χ0v) is 15.3. The molecular weight excluding hydrogens is 276 g/mol. The molecule has 2 fully saturated rings. The lowest BCUT2D eigenvalue weighted by molar-refractivity contribution is 0.138. The van der Waals surface area contributed by atoms with Gasteiger partial charge in [-0.2, -0.15) is 11.8 Å². The van der Waals surface area contributed by atoms with E-state index >= 15 is 0 Å². The Kier molecular flexibility index (Phi) is 7.90. The van der Waals surface area contributed by atoms with Crippen LogP contribution >= 0.6 is 11.8 Å². The number of thioether (sulfide) groups is 1. The van der Waals surface area contributed by atoms with Gasteiger partial charge in [-0.25, -0.2) is 0 Å². The maximum atomic E-state index is 3.85. The van der Waals surface area contributed by atoms with Crippen molar-refractivity contribution in [1.29, 1.82) is 0 Å². The molecule has 4 atom stereocenters. The van der Waals surface area contributed by atoms with Gasteiger partial charge in [-0.15, -0.1) is 0 Å². The fourth-order valence-electron chi connectivity index (χ4n) is 4.22. The molecular formula is C18H36N2S. The van der Waals surface area contributed by atoms with Crippen LogP contribution in [0.5, 0.6) is 0 Å². The van der Waals surface area contributed by atoms with Crippen molar-refractivity contribution in [1.82, 2.24) is 10.2 Å². The van der Waals surface area contributed by atoms with Crippen LogP contribution < -0.4 is 5.32 Å². The third-order valence-electron chi connectivity index (χ3n) is 5.26. The van der Waals surface area contributed by atoms with Crippen molar-refractivity contribution in [3.63, 3.8) is 0 Å². The molecule has 0 aromatic rings. The number of hydrogen-bond donors (Lipinski definition) is 1. The Bertz CT molecular complexity index is 284. The quantitative estimate of drug-likeness (QED) is 0.764. The normalized spacial score (nSPS) is 35.0. The molecule has 1 saturated carbocycles. The van der Waals surface area contributed by atoms with Crippen molar-refractivity contribution in [3.05, 3.63) is 0 Å². The van der Waals surface area contributed by atoms with E-state index in [1.54, 1.807) is 0 Å². The molecule has 2 aliphatic rings. The molecule has 124 valence electrons. The lowest BCUT2D eigenvalue weighted by Crippen LogP contribution is -2.48. The second-order valence-electron chi connectivity index (χ2n) is 7.23. The molecule has 1 aliphatic carbocycles. The molecule has 1 N–H and O–H groups in total. The highest BCUT2D eigenvalue weighted by atomic mass is 32.2. The summed E-state index contributed by atoms with van der Waals surface area (Å²) in [5, 5.41) is 4.68. The number of nitrogens with one attached hydrogen (secondary N) is 1. The van der Waals surface area contributed by atoms with Crippen LogP contribution in [0.1, 0.15) is 59.3 Å². The topological polar surface area (TPSA) is 15.3 Å². The van der Waals surface area contributed by atoms with Crippen molar-refractivity contribution < 1.29 is 0 Å². The van der Waals surface area contributed by atoms with Gasteiger partial charge in [-0.3, -0.25) is 0 Å². The standard InChI is InChI=1S/C18H36N2S/c1-4-6-16-7-8-18(19-9-5-2)17(12-16)14-20-10-11-21-15(3)13-20/h15-19H,4-14H2,1-3H3. The lowest BCUT2D eigenvalue weighted by atomic mass is 9.76. The smallest absolute Gasteiger partial charge is 0.0147 e. The molecule has 21 heavy (non-hydrogen) atoms. The summed E-state index contributed by atoms with van der Waals surface area (Å²) in [5.41, 5.74) is 0. The van der Waals surface area contributed by atoms with E-state index < -0.39 is 0 Å². The molecule has 4 unspecified atom stereocenters. The Morgan fingerprint density at radius 2 is 2.05 bits per heavy atom. The average molecular weight is 313 g/mol. The van der Waals surface area contributed by atoms with Crippen LogP contribution in [-0.2, 0) is 0 Å². The molecule has 0 aromatic heterocycles. The van der Waals surface area contributed by atoms with Gasteiger partial charge < -0.3 is 10.2 Å². The highest BCUT2D eigenvalue weighted by Gasteiger charge is 2.31. The predicted molar refractivity (Wildman–Crippen MR) is 96.2 cm³/mol. The second-order valence-corrected chi connectivity index (χ2v) is 8.78. The predicted octanol–water partition coefficient (Wildman–Crippen LogP) is 4.01. The molecule has 0 amide bonds. The van der Waals surface area contributed by atoms with Gasteiger partial charge in [0.1, 0.15) is 0 Å². The van der Waals surface area contributed by atoms with Crippen LogP contribution in [0.3, 0.4) is 0 Å². The second kappa shape index (κ2) is 9.42. The molecule has 0 radical (unpaired) electrons. The summed E-state index contributed by atoms with van der Waals surface area (Å²) in [6.45, 7) is 12.2. The zero-order valence-electron chi connectivity index (χ0n) is 14.4. The van der Waals surface area contributed by atoms with Gasteiger partial charge in [-0.05, 0) is 44.1 Å². The first-order valence-electron chi connectivity index (χ1n) is 9.30. The first kappa shape index (κ1) is 17.6. The average Bonchev–Trinajstić information content (AvgIpc) is 2.47. The van der Waals surface area contributed by atoms with Gasteiger partial charge in [0.2, 0.25) is 0 Å². The third-order valence-corrected chi connectivity index (χ3v) is 6.40. The minimum Gasteiger partial charge on any atom is -0.314 e. The van der Waals surface area contributed by atoms with Crippen LogP contribution in [0, 0.1) is 11.8 Å². The van der Waals surface area contributed by atoms with Gasteiger partial charge in [0, 0.05) is 36.7 Å². The Labute approximate surface area is 136 Å². The van der Waals surface area contributed by atoms with Crippen LogP contribution in [-0.4, -0.2) is 48.1 Å². The van der Waals surface area contributed by atoms with Gasteiger partial charge in [0.05, 0.1) is 0 Å². The summed E-state index contributed by atoms with van der Waals surface area (Å²) in [6, 6.07) is 0.781. The summed E-state index contributed by atoms with van der Waals surface area (Å²) in [6.07, 6.45) is 8.41. The fraction of sp³-hybridized carbons (Fsp3) is 1.00. The summed E-state index contributed by atoms with van der Waals surface area (Å²) >= 11 is 2.15. The SMILES string of the molecule is CCCNC1CCC(CCC)CC1CN1CCSC(C)C1. The molecule has 0 bridgehead atoms. The molecule has 1 aliphatic heterocycles. The Morgan fingerprint density at radius 1 is 1.19 bits per heavy atom. The molecule has 0 spiro atoms. The highest BCUT2D eigenvalue weighted by molar-refractivity contribution is 7.99. The van der Waals surface area contributed by atoms with Crippen molar-refractivity contribution in [2.45, 2.75) is 70.6 Å². The van der Waals surface area contributed by atoms with E-state index in [1.807, 2.05) is 0 Å². The first-order valence-corrected chi connectivity index (χ1v) is 10.3. The Balaban J connectivity index is 1.88. The zero-order chi connectivity index (χ0) is 15.1. The maximum Gasteiger partial charge on any atom is 0.0147 e. The molecule has 2 rings (SSSR count). The largest absolute Gasteiger partial charge is 0.314 e. The summed E-state index contributed by atoms with van der Waals surface area (Å²) in [5.74, 6) is 3.22. The van der Waals surface area contributed by atoms with E-state index in [1.165, 1.54) is 70.5 Å². The van der Waals surface area contributed by atoms with Crippen LogP contribution in [0.2, 0.25) is 0 Å². The van der Waals surface area contributed by atoms with Crippen LogP contribution in [0.25, 0.3) is 0 Å². The summed E-state index contributed by atoms with van der Waals surface area (Å²) in [4.78, 5) is 2.75. The highest BCUT2D eigenvalue weighted by Crippen LogP contribution is 2.33. The minimum absolute atomic E-state index is 0.781. The third kappa shape index (κ3) is 5.76. The minimum atomic E-state index is 0.781. The fourth-order valence-corrected chi connectivity index (χ4v) is 5.30. The van der Waals surface area contributed by atoms with Crippen LogP contribution in [0.15, 0.2) is 0 Å². The first-order chi connectivity index (χ1) is 10.2. The molecule has 1 heterocycles. The molecule has 3 heteroatoms. The summed E-state index contributed by atoms with van der Waals surface area (Å²) < 4.78 is 0. The van der Waals surface area contributed by atoms with Gasteiger partial charge in [0.15, 0.2) is 0 Å². The van der Waals surface area contributed by atoms with Crippen LogP contribution in [0.4, 0.5) is 0 Å². The van der Waals surface area contributed by atoms with E-state index in [9.17, 15) is 0 Å². The number of nitrogens with zero attached hydrogens (tertiary/aromatic N) is 1. The maximum absolute atomic E-state index is 3.85. The van der Waals surface area contributed by atoms with Crippen molar-refractivity contribution in [2.75, 3.05) is 31.9 Å². The van der Waals surface area contributed by atoms with Crippen molar-refractivity contribution in [2.24, 2.45) is 11.8 Å². The molecule has 1 saturated heterocycles. The monoisotopic (exact) mass is 312 g/mol. The molecule has 0 aromatic carbocycles. The van der Waals surface area contributed by atoms with E-state index in [0.717, 1.165) is 23.1 Å². The molecule has 2 nitrogen and oxygen atoms in total. The Hall–Kier alpha value is 0.270. The van der Waals surface area contributed by atoms with E-state index in [-0.39, 0.29) is 0 Å². The van der Waals surface area contributed by atoms with Crippen molar-refractivity contribution >= 4 is 11.8 Å². The summed E-state index contributed by atoms with van der Waals surface area (Å²) in [7, 11) is 0. The Morgan fingerprint density at radius 3 is 2.76 bits per heavy atom. The number of hydrogen-bond acceptors (Lipinski definition) is 3. The van der Waals surface area contributed by atoms with Gasteiger partial charge in [0.25, 0.3) is 0 Å². The van der Waals surface area contributed by atoms with E-state index in [2.05, 4.69) is 42.7 Å². The van der Waals surface area contributed by atoms with Gasteiger partial charge >= 0.3 is 0 Å². The van der Waals surface area contributed by atoms with E-state index in [4.69, 9.17) is 0 Å². The van der Waals surface area contributed by atoms with E-state index in [0.29, 0.717) is 0 Å². The number of rotatable bonds is 7.